The van der Waals surface area contributed by atoms with E-state index in [9.17, 15) is 4.39 Å². The Balaban J connectivity index is 2.81. The SMILES string of the molecule is Cc1cc2cc(Cl)cc(F)c2nc1NN. The van der Waals surface area contributed by atoms with Gasteiger partial charge in [-0.25, -0.2) is 15.2 Å². The minimum absolute atomic E-state index is 0.262. The van der Waals surface area contributed by atoms with Crippen molar-refractivity contribution in [2.24, 2.45) is 5.84 Å². The predicted molar refractivity (Wildman–Crippen MR) is 59.3 cm³/mol. The maximum atomic E-state index is 13.5. The molecule has 78 valence electrons. The van der Waals surface area contributed by atoms with E-state index in [1.807, 2.05) is 6.92 Å². The highest BCUT2D eigenvalue weighted by Crippen LogP contribution is 2.24. The molecule has 0 aliphatic heterocycles. The van der Waals surface area contributed by atoms with Gasteiger partial charge in [0, 0.05) is 10.4 Å². The Morgan fingerprint density at radius 1 is 1.40 bits per heavy atom. The third-order valence-electron chi connectivity index (χ3n) is 2.16. The fourth-order valence-corrected chi connectivity index (χ4v) is 1.67. The zero-order valence-electron chi connectivity index (χ0n) is 8.01. The smallest absolute Gasteiger partial charge is 0.150 e. The Morgan fingerprint density at radius 3 is 2.80 bits per heavy atom. The van der Waals surface area contributed by atoms with E-state index in [2.05, 4.69) is 10.4 Å². The fraction of sp³-hybridized carbons (Fsp3) is 0.100. The maximum absolute atomic E-state index is 13.5. The minimum atomic E-state index is -0.450. The largest absolute Gasteiger partial charge is 0.308 e. The van der Waals surface area contributed by atoms with Crippen LogP contribution >= 0.6 is 11.6 Å². The number of rotatable bonds is 1. The molecule has 5 heteroatoms. The summed E-state index contributed by atoms with van der Waals surface area (Å²) in [5, 5.41) is 1.02. The highest BCUT2D eigenvalue weighted by atomic mass is 35.5. The highest BCUT2D eigenvalue weighted by Gasteiger charge is 2.07. The van der Waals surface area contributed by atoms with Crippen molar-refractivity contribution < 1.29 is 4.39 Å². The monoisotopic (exact) mass is 225 g/mol. The lowest BCUT2D eigenvalue weighted by atomic mass is 10.1. The van der Waals surface area contributed by atoms with Gasteiger partial charge in [-0.15, -0.1) is 0 Å². The molecule has 15 heavy (non-hydrogen) atoms. The molecule has 0 saturated heterocycles. The number of hydrogen-bond acceptors (Lipinski definition) is 3. The molecule has 0 atom stereocenters. The molecule has 1 aromatic carbocycles. The molecule has 2 aromatic rings. The average molecular weight is 226 g/mol. The second-order valence-corrected chi connectivity index (χ2v) is 3.69. The summed E-state index contributed by atoms with van der Waals surface area (Å²) >= 11 is 5.74. The van der Waals surface area contributed by atoms with Crippen LogP contribution in [0.1, 0.15) is 5.56 Å². The number of hydrogen-bond donors (Lipinski definition) is 2. The van der Waals surface area contributed by atoms with Crippen molar-refractivity contribution in [2.45, 2.75) is 6.92 Å². The molecule has 0 unspecified atom stereocenters. The van der Waals surface area contributed by atoms with Crippen LogP contribution in [0.3, 0.4) is 0 Å². The zero-order valence-corrected chi connectivity index (χ0v) is 8.77. The van der Waals surface area contributed by atoms with E-state index in [0.717, 1.165) is 5.56 Å². The highest BCUT2D eigenvalue weighted by molar-refractivity contribution is 6.31. The van der Waals surface area contributed by atoms with Crippen LogP contribution in [-0.2, 0) is 0 Å². The number of halogens is 2. The lowest BCUT2D eigenvalue weighted by Gasteiger charge is -2.07. The molecular formula is C10H9ClFN3. The summed E-state index contributed by atoms with van der Waals surface area (Å²) in [6.07, 6.45) is 0. The Labute approximate surface area is 91.0 Å². The standard InChI is InChI=1S/C10H9ClFN3/c1-5-2-6-3-7(11)4-8(12)9(6)14-10(5)15-13/h2-4H,13H2,1H3,(H,14,15). The van der Waals surface area contributed by atoms with E-state index in [4.69, 9.17) is 17.4 Å². The van der Waals surface area contributed by atoms with E-state index >= 15 is 0 Å². The van der Waals surface area contributed by atoms with Crippen molar-refractivity contribution in [3.8, 4) is 0 Å². The molecule has 0 fully saturated rings. The molecule has 1 heterocycles. The van der Waals surface area contributed by atoms with Gasteiger partial charge in [-0.3, -0.25) is 0 Å². The third kappa shape index (κ3) is 1.73. The fourth-order valence-electron chi connectivity index (χ4n) is 1.46. The third-order valence-corrected chi connectivity index (χ3v) is 2.38. The number of benzene rings is 1. The Hall–Kier alpha value is -1.39. The van der Waals surface area contributed by atoms with Crippen molar-refractivity contribution in [1.29, 1.82) is 0 Å². The zero-order chi connectivity index (χ0) is 11.0. The number of nitrogens with zero attached hydrogens (tertiary/aromatic N) is 1. The van der Waals surface area contributed by atoms with Crippen molar-refractivity contribution in [3.63, 3.8) is 0 Å². The summed E-state index contributed by atoms with van der Waals surface area (Å²) in [4.78, 5) is 4.06. The molecule has 0 radical (unpaired) electrons. The summed E-state index contributed by atoms with van der Waals surface area (Å²) in [5.41, 5.74) is 3.52. The molecule has 0 aliphatic carbocycles. The molecule has 0 bridgehead atoms. The lowest BCUT2D eigenvalue weighted by molar-refractivity contribution is 0.637. The molecule has 3 nitrogen and oxygen atoms in total. The number of nitrogen functional groups attached to an aromatic ring is 1. The summed E-state index contributed by atoms with van der Waals surface area (Å²) in [6, 6.07) is 4.68. The van der Waals surface area contributed by atoms with Gasteiger partial charge in [0.05, 0.1) is 0 Å². The topological polar surface area (TPSA) is 50.9 Å². The first kappa shape index (κ1) is 10.1. The van der Waals surface area contributed by atoms with Crippen LogP contribution in [0.15, 0.2) is 18.2 Å². The van der Waals surface area contributed by atoms with Crippen LogP contribution in [0.5, 0.6) is 0 Å². The van der Waals surface area contributed by atoms with Gasteiger partial charge in [0.1, 0.15) is 11.3 Å². The molecule has 3 N–H and O–H groups in total. The first-order valence-corrected chi connectivity index (χ1v) is 4.72. The van der Waals surface area contributed by atoms with Crippen molar-refractivity contribution in [2.75, 3.05) is 5.43 Å². The van der Waals surface area contributed by atoms with Gasteiger partial charge in [0.25, 0.3) is 0 Å². The summed E-state index contributed by atoms with van der Waals surface area (Å²) < 4.78 is 13.5. The van der Waals surface area contributed by atoms with Gasteiger partial charge in [0.15, 0.2) is 5.82 Å². The van der Waals surface area contributed by atoms with E-state index in [1.165, 1.54) is 6.07 Å². The first-order chi connectivity index (χ1) is 7.11. The number of aromatic nitrogens is 1. The first-order valence-electron chi connectivity index (χ1n) is 4.35. The van der Waals surface area contributed by atoms with Crippen LogP contribution in [0.4, 0.5) is 10.2 Å². The van der Waals surface area contributed by atoms with Crippen molar-refractivity contribution >= 4 is 28.3 Å². The molecular weight excluding hydrogens is 217 g/mol. The molecule has 0 spiro atoms. The van der Waals surface area contributed by atoms with Crippen LogP contribution in [-0.4, -0.2) is 4.98 Å². The number of hydrazine groups is 1. The number of anilines is 1. The number of pyridine rings is 1. The molecule has 2 rings (SSSR count). The van der Waals surface area contributed by atoms with Gasteiger partial charge in [-0.1, -0.05) is 11.6 Å². The summed E-state index contributed by atoms with van der Waals surface area (Å²) in [5.74, 6) is 5.27. The quantitative estimate of drug-likeness (QED) is 0.580. The number of fused-ring (bicyclic) bond motifs is 1. The second-order valence-electron chi connectivity index (χ2n) is 3.26. The van der Waals surface area contributed by atoms with Gasteiger partial charge in [-0.2, -0.15) is 0 Å². The van der Waals surface area contributed by atoms with E-state index in [-0.39, 0.29) is 5.52 Å². The number of nitrogens with two attached hydrogens (primary N) is 1. The van der Waals surface area contributed by atoms with Crippen LogP contribution in [0.2, 0.25) is 5.02 Å². The lowest BCUT2D eigenvalue weighted by Crippen LogP contribution is -2.10. The minimum Gasteiger partial charge on any atom is -0.308 e. The van der Waals surface area contributed by atoms with Crippen molar-refractivity contribution in [1.82, 2.24) is 4.98 Å². The molecule has 0 saturated carbocycles. The van der Waals surface area contributed by atoms with E-state index in [0.29, 0.717) is 16.2 Å². The maximum Gasteiger partial charge on any atom is 0.150 e. The molecule has 0 aliphatic rings. The van der Waals surface area contributed by atoms with Crippen LogP contribution < -0.4 is 11.3 Å². The predicted octanol–water partition coefficient (Wildman–Crippen LogP) is 2.62. The summed E-state index contributed by atoms with van der Waals surface area (Å²) in [6.45, 7) is 1.83. The molecule has 1 aromatic heterocycles. The van der Waals surface area contributed by atoms with Gasteiger partial charge in [-0.05, 0) is 30.7 Å². The number of aryl methyl sites for hydroxylation is 1. The Morgan fingerprint density at radius 2 is 2.13 bits per heavy atom. The van der Waals surface area contributed by atoms with Crippen LogP contribution in [0.25, 0.3) is 10.9 Å². The van der Waals surface area contributed by atoms with Crippen LogP contribution in [0, 0.1) is 12.7 Å². The summed E-state index contributed by atoms with van der Waals surface area (Å²) in [7, 11) is 0. The van der Waals surface area contributed by atoms with Gasteiger partial charge < -0.3 is 5.43 Å². The average Bonchev–Trinajstić information content (AvgIpc) is 2.16. The Kier molecular flexibility index (Phi) is 2.46. The van der Waals surface area contributed by atoms with E-state index < -0.39 is 5.82 Å². The van der Waals surface area contributed by atoms with Crippen molar-refractivity contribution in [3.05, 3.63) is 34.6 Å². The second kappa shape index (κ2) is 3.64. The van der Waals surface area contributed by atoms with Gasteiger partial charge >= 0.3 is 0 Å². The number of nitrogens with one attached hydrogen (secondary N) is 1. The normalized spacial score (nSPS) is 10.7. The molecule has 0 amide bonds. The van der Waals surface area contributed by atoms with Gasteiger partial charge in [0.2, 0.25) is 0 Å². The van der Waals surface area contributed by atoms with E-state index in [1.54, 1.807) is 12.1 Å². The Bertz CT molecular complexity index is 528.